The van der Waals surface area contributed by atoms with Crippen molar-refractivity contribution in [1.29, 1.82) is 0 Å². The fourth-order valence-corrected chi connectivity index (χ4v) is 3.93. The van der Waals surface area contributed by atoms with Crippen LogP contribution in [0.2, 0.25) is 0 Å². The maximum Gasteiger partial charge on any atom is 0.339 e. The van der Waals surface area contributed by atoms with Crippen LogP contribution in [0.3, 0.4) is 0 Å². The minimum Gasteiger partial charge on any atom is -0.505 e. The SMILES string of the molecule is O=c1oc2cc(N=Nc3ccc4ccccc4c3O)ccc2c2c1CCCC2. The van der Waals surface area contributed by atoms with Crippen LogP contribution in [0.5, 0.6) is 5.75 Å². The number of aromatic hydroxyl groups is 1. The van der Waals surface area contributed by atoms with Gasteiger partial charge in [0.15, 0.2) is 5.75 Å². The van der Waals surface area contributed by atoms with Crippen molar-refractivity contribution in [3.8, 4) is 5.75 Å². The lowest BCUT2D eigenvalue weighted by Gasteiger charge is -2.15. The Morgan fingerprint density at radius 1 is 0.857 bits per heavy atom. The summed E-state index contributed by atoms with van der Waals surface area (Å²) in [7, 11) is 0. The molecule has 0 amide bonds. The Labute approximate surface area is 161 Å². The molecule has 0 fully saturated rings. The molecule has 1 aliphatic carbocycles. The Kier molecular flexibility index (Phi) is 3.93. The standard InChI is InChI=1S/C23H18N2O3/c26-22-16-6-2-1-5-14(16)9-12-20(22)25-24-15-10-11-18-17-7-3-4-8-19(17)23(27)28-21(18)13-15/h1-2,5-6,9-13,26H,3-4,7-8H2. The minimum absolute atomic E-state index is 0.100. The summed E-state index contributed by atoms with van der Waals surface area (Å²) in [5.74, 6) is 0.100. The molecule has 1 N–H and O–H groups in total. The molecule has 0 radical (unpaired) electrons. The number of azo groups is 1. The minimum atomic E-state index is -0.247. The van der Waals surface area contributed by atoms with Gasteiger partial charge in [-0.05, 0) is 54.8 Å². The molecule has 0 saturated heterocycles. The van der Waals surface area contributed by atoms with Crippen molar-refractivity contribution in [3.63, 3.8) is 0 Å². The van der Waals surface area contributed by atoms with Crippen LogP contribution in [0, 0.1) is 0 Å². The lowest BCUT2D eigenvalue weighted by molar-refractivity contribution is 0.482. The predicted molar refractivity (Wildman–Crippen MR) is 109 cm³/mol. The van der Waals surface area contributed by atoms with Gasteiger partial charge in [-0.2, -0.15) is 5.11 Å². The molecule has 5 nitrogen and oxygen atoms in total. The number of hydrogen-bond donors (Lipinski definition) is 1. The van der Waals surface area contributed by atoms with Crippen molar-refractivity contribution >= 4 is 33.1 Å². The van der Waals surface area contributed by atoms with Crippen molar-refractivity contribution < 1.29 is 9.52 Å². The molecule has 1 aliphatic rings. The van der Waals surface area contributed by atoms with Crippen LogP contribution in [0.15, 0.2) is 74.0 Å². The average Bonchev–Trinajstić information content (AvgIpc) is 2.73. The summed E-state index contributed by atoms with van der Waals surface area (Å²) in [5.41, 5.74) is 3.17. The smallest absolute Gasteiger partial charge is 0.339 e. The number of nitrogens with zero attached hydrogens (tertiary/aromatic N) is 2. The topological polar surface area (TPSA) is 75.2 Å². The van der Waals surface area contributed by atoms with E-state index in [1.54, 1.807) is 12.1 Å². The number of phenolic OH excluding ortho intramolecular Hbond substituents is 1. The number of benzene rings is 3. The van der Waals surface area contributed by atoms with Crippen LogP contribution >= 0.6 is 0 Å². The summed E-state index contributed by atoms with van der Waals surface area (Å²) >= 11 is 0. The third-order valence-corrected chi connectivity index (χ3v) is 5.36. The zero-order valence-electron chi connectivity index (χ0n) is 15.2. The van der Waals surface area contributed by atoms with Gasteiger partial charge in [-0.3, -0.25) is 0 Å². The molecule has 0 spiro atoms. The Hall–Kier alpha value is -3.47. The molecule has 1 aromatic heterocycles. The van der Waals surface area contributed by atoms with Crippen LogP contribution in [0.1, 0.15) is 24.0 Å². The van der Waals surface area contributed by atoms with E-state index < -0.39 is 0 Å². The van der Waals surface area contributed by atoms with E-state index in [9.17, 15) is 9.90 Å². The normalized spacial score (nSPS) is 14.0. The van der Waals surface area contributed by atoms with Gasteiger partial charge in [-0.15, -0.1) is 5.11 Å². The molecule has 0 aliphatic heterocycles. The van der Waals surface area contributed by atoms with Crippen LogP contribution in [0.4, 0.5) is 11.4 Å². The molecule has 1 heterocycles. The Balaban J connectivity index is 1.55. The monoisotopic (exact) mass is 370 g/mol. The molecule has 138 valence electrons. The van der Waals surface area contributed by atoms with E-state index in [0.29, 0.717) is 17.0 Å². The zero-order chi connectivity index (χ0) is 19.1. The first-order valence-corrected chi connectivity index (χ1v) is 9.42. The summed E-state index contributed by atoms with van der Waals surface area (Å²) < 4.78 is 5.53. The summed E-state index contributed by atoms with van der Waals surface area (Å²) in [4.78, 5) is 12.3. The fourth-order valence-electron chi connectivity index (χ4n) is 3.93. The first-order valence-electron chi connectivity index (χ1n) is 9.42. The molecule has 0 saturated carbocycles. The molecule has 5 rings (SSSR count). The van der Waals surface area contributed by atoms with Crippen molar-refractivity contribution in [2.75, 3.05) is 0 Å². The fraction of sp³-hybridized carbons (Fsp3) is 0.174. The molecule has 0 atom stereocenters. The second-order valence-corrected chi connectivity index (χ2v) is 7.09. The summed E-state index contributed by atoms with van der Waals surface area (Å²) in [5, 5.41) is 21.5. The van der Waals surface area contributed by atoms with E-state index in [2.05, 4.69) is 10.2 Å². The third kappa shape index (κ3) is 2.76. The van der Waals surface area contributed by atoms with Gasteiger partial charge in [-0.25, -0.2) is 4.79 Å². The molecule has 0 unspecified atom stereocenters. The first kappa shape index (κ1) is 16.7. The predicted octanol–water partition coefficient (Wildman–Crippen LogP) is 5.95. The van der Waals surface area contributed by atoms with Crippen molar-refractivity contribution in [3.05, 3.63) is 76.1 Å². The maximum atomic E-state index is 12.3. The van der Waals surface area contributed by atoms with Crippen LogP contribution in [-0.4, -0.2) is 5.11 Å². The highest BCUT2D eigenvalue weighted by Crippen LogP contribution is 2.36. The van der Waals surface area contributed by atoms with Gasteiger partial charge >= 0.3 is 5.63 Å². The van der Waals surface area contributed by atoms with Gasteiger partial charge in [-0.1, -0.05) is 30.3 Å². The van der Waals surface area contributed by atoms with E-state index in [1.165, 1.54) is 0 Å². The Morgan fingerprint density at radius 3 is 2.57 bits per heavy atom. The third-order valence-electron chi connectivity index (χ3n) is 5.36. The van der Waals surface area contributed by atoms with E-state index in [1.807, 2.05) is 42.5 Å². The average molecular weight is 370 g/mol. The zero-order valence-corrected chi connectivity index (χ0v) is 15.2. The Bertz CT molecular complexity index is 1300. The van der Waals surface area contributed by atoms with Crippen molar-refractivity contribution in [2.45, 2.75) is 25.7 Å². The largest absolute Gasteiger partial charge is 0.505 e. The van der Waals surface area contributed by atoms with E-state index >= 15 is 0 Å². The Morgan fingerprint density at radius 2 is 1.68 bits per heavy atom. The molecule has 3 aromatic carbocycles. The quantitative estimate of drug-likeness (QED) is 0.350. The molecule has 28 heavy (non-hydrogen) atoms. The van der Waals surface area contributed by atoms with E-state index in [0.717, 1.165) is 53.0 Å². The highest BCUT2D eigenvalue weighted by molar-refractivity contribution is 5.92. The van der Waals surface area contributed by atoms with Gasteiger partial charge in [0.05, 0.1) is 5.69 Å². The molecular weight excluding hydrogens is 352 g/mol. The second-order valence-electron chi connectivity index (χ2n) is 7.09. The lowest BCUT2D eigenvalue weighted by atomic mass is 9.90. The summed E-state index contributed by atoms with van der Waals surface area (Å²) in [6.07, 6.45) is 3.82. The van der Waals surface area contributed by atoms with Gasteiger partial charge in [0, 0.05) is 22.4 Å². The van der Waals surface area contributed by atoms with Crippen LogP contribution < -0.4 is 5.63 Å². The lowest BCUT2D eigenvalue weighted by Crippen LogP contribution is -2.15. The van der Waals surface area contributed by atoms with Crippen LogP contribution in [-0.2, 0) is 12.8 Å². The van der Waals surface area contributed by atoms with Crippen molar-refractivity contribution in [2.24, 2.45) is 10.2 Å². The second kappa shape index (κ2) is 6.60. The number of fused-ring (bicyclic) bond motifs is 4. The van der Waals surface area contributed by atoms with Gasteiger partial charge < -0.3 is 9.52 Å². The highest BCUT2D eigenvalue weighted by atomic mass is 16.4. The molecule has 5 heteroatoms. The molecule has 0 bridgehead atoms. The van der Waals surface area contributed by atoms with Gasteiger partial charge in [0.1, 0.15) is 11.3 Å². The summed E-state index contributed by atoms with van der Waals surface area (Å²) in [6.45, 7) is 0. The molecular formula is C23H18N2O3. The number of aryl methyl sites for hydroxylation is 1. The van der Waals surface area contributed by atoms with Crippen LogP contribution in [0.25, 0.3) is 21.7 Å². The molecule has 4 aromatic rings. The number of rotatable bonds is 2. The van der Waals surface area contributed by atoms with Crippen molar-refractivity contribution in [1.82, 2.24) is 0 Å². The number of phenols is 1. The van der Waals surface area contributed by atoms with E-state index in [-0.39, 0.29) is 11.4 Å². The van der Waals surface area contributed by atoms with Gasteiger partial charge in [0.25, 0.3) is 0 Å². The first-order chi connectivity index (χ1) is 13.7. The van der Waals surface area contributed by atoms with E-state index in [4.69, 9.17) is 4.42 Å². The summed E-state index contributed by atoms with van der Waals surface area (Å²) in [6, 6.07) is 16.7. The van der Waals surface area contributed by atoms with Gasteiger partial charge in [0.2, 0.25) is 0 Å². The maximum absolute atomic E-state index is 12.3. The highest BCUT2D eigenvalue weighted by Gasteiger charge is 2.18. The number of hydrogen-bond acceptors (Lipinski definition) is 5.